The highest BCUT2D eigenvalue weighted by Gasteiger charge is 2.34. The molecule has 9 heteroatoms. The van der Waals surface area contributed by atoms with Crippen LogP contribution in [0.3, 0.4) is 0 Å². The van der Waals surface area contributed by atoms with Crippen molar-refractivity contribution in [3.05, 3.63) is 63.7 Å². The topological polar surface area (TPSA) is 31.0 Å². The van der Waals surface area contributed by atoms with E-state index in [1.807, 2.05) is 0 Å². The Morgan fingerprint density at radius 3 is 2.46 bits per heavy atom. The van der Waals surface area contributed by atoms with Crippen molar-refractivity contribution in [1.82, 2.24) is 9.78 Å². The fraction of sp³-hybridized carbons (Fsp3) is 0.0667. The number of benzene rings is 2. The molecule has 124 valence electrons. The van der Waals surface area contributed by atoms with Crippen molar-refractivity contribution in [2.45, 2.75) is 6.18 Å². The Hall–Kier alpha value is -2.19. The summed E-state index contributed by atoms with van der Waals surface area (Å²) in [5.74, 6) is -1.03. The minimum absolute atomic E-state index is 0.00232. The van der Waals surface area contributed by atoms with Crippen LogP contribution in [0.4, 0.5) is 17.6 Å². The molecule has 0 spiro atoms. The van der Waals surface area contributed by atoms with Gasteiger partial charge in [0.25, 0.3) is 10.7 Å². The van der Waals surface area contributed by atoms with Crippen molar-refractivity contribution in [3.63, 3.8) is 0 Å². The van der Waals surface area contributed by atoms with E-state index in [0.29, 0.717) is 0 Å². The number of hydrogen-bond donors (Lipinski definition) is 0. The van der Waals surface area contributed by atoms with Crippen LogP contribution >= 0.6 is 23.8 Å². The van der Waals surface area contributed by atoms with Crippen molar-refractivity contribution in [2.75, 3.05) is 0 Å². The predicted octanol–water partition coefficient (Wildman–Crippen LogP) is 5.67. The van der Waals surface area contributed by atoms with Crippen molar-refractivity contribution in [2.24, 2.45) is 0 Å². The van der Waals surface area contributed by atoms with E-state index in [2.05, 4.69) is 5.10 Å². The number of halogens is 5. The quantitative estimate of drug-likeness (QED) is 0.427. The fourth-order valence-electron chi connectivity index (χ4n) is 2.13. The van der Waals surface area contributed by atoms with E-state index < -0.39 is 17.6 Å². The summed E-state index contributed by atoms with van der Waals surface area (Å²) in [5, 5.41) is 3.87. The molecule has 0 saturated carbocycles. The summed E-state index contributed by atoms with van der Waals surface area (Å²) in [6, 6.07) is 8.63. The molecule has 0 amide bonds. The number of aromatic nitrogens is 2. The smallest absolute Gasteiger partial charge is 0.409 e. The zero-order chi connectivity index (χ0) is 17.5. The predicted molar refractivity (Wildman–Crippen MR) is 82.1 cm³/mol. The third kappa shape index (κ3) is 2.94. The fourth-order valence-corrected chi connectivity index (χ4v) is 2.59. The van der Waals surface area contributed by atoms with Gasteiger partial charge in [-0.2, -0.15) is 17.9 Å². The van der Waals surface area contributed by atoms with Gasteiger partial charge in [-0.25, -0.2) is 4.39 Å². The number of hydrogen-bond acceptors (Lipinski definition) is 3. The van der Waals surface area contributed by atoms with Gasteiger partial charge in [-0.3, -0.25) is 0 Å². The normalized spacial score (nSPS) is 11.7. The number of para-hydroxylation sites is 1. The molecule has 0 N–H and O–H groups in total. The zero-order valence-corrected chi connectivity index (χ0v) is 13.2. The van der Waals surface area contributed by atoms with Gasteiger partial charge in [0.2, 0.25) is 0 Å². The Kier molecular flexibility index (Phi) is 4.18. The Morgan fingerprint density at radius 2 is 1.79 bits per heavy atom. The molecule has 0 atom stereocenters. The van der Waals surface area contributed by atoms with Gasteiger partial charge >= 0.3 is 6.18 Å². The van der Waals surface area contributed by atoms with E-state index in [1.54, 1.807) is 0 Å². The van der Waals surface area contributed by atoms with E-state index in [0.717, 1.165) is 16.8 Å². The minimum atomic E-state index is -4.61. The lowest BCUT2D eigenvalue weighted by Gasteiger charge is -2.11. The minimum Gasteiger partial charge on any atom is -0.409 e. The lowest BCUT2D eigenvalue weighted by Crippen LogP contribution is -2.11. The van der Waals surface area contributed by atoms with Gasteiger partial charge in [0.1, 0.15) is 5.82 Å². The second-order valence-electron chi connectivity index (χ2n) is 4.70. The molecule has 3 nitrogen and oxygen atoms in total. The maximum Gasteiger partial charge on any atom is 0.418 e. The van der Waals surface area contributed by atoms with Gasteiger partial charge in [-0.05, 0) is 36.5 Å². The SMILES string of the molecule is Fc1cccc(Cl)c1-c1nn(-c2ccccc2C(F)(F)F)c(=S)o1. The zero-order valence-electron chi connectivity index (χ0n) is 11.6. The van der Waals surface area contributed by atoms with Crippen LogP contribution in [-0.2, 0) is 6.18 Å². The molecule has 0 unspecified atom stereocenters. The first-order chi connectivity index (χ1) is 11.3. The van der Waals surface area contributed by atoms with E-state index >= 15 is 0 Å². The molecule has 3 rings (SSSR count). The first-order valence-corrected chi connectivity index (χ1v) is 7.29. The number of nitrogens with zero attached hydrogens (tertiary/aromatic N) is 2. The monoisotopic (exact) mass is 374 g/mol. The molecular weight excluding hydrogens is 368 g/mol. The molecule has 0 fully saturated rings. The third-order valence-corrected chi connectivity index (χ3v) is 3.73. The molecule has 0 aliphatic heterocycles. The summed E-state index contributed by atoms with van der Waals surface area (Å²) < 4.78 is 59.3. The van der Waals surface area contributed by atoms with Gasteiger partial charge in [0.05, 0.1) is 21.8 Å². The lowest BCUT2D eigenvalue weighted by molar-refractivity contribution is -0.137. The van der Waals surface area contributed by atoms with E-state index in [-0.39, 0.29) is 27.0 Å². The second kappa shape index (κ2) is 6.03. The van der Waals surface area contributed by atoms with Crippen molar-refractivity contribution < 1.29 is 22.0 Å². The average Bonchev–Trinajstić information content (AvgIpc) is 2.87. The van der Waals surface area contributed by atoms with Gasteiger partial charge in [-0.15, -0.1) is 5.10 Å². The first-order valence-electron chi connectivity index (χ1n) is 6.50. The van der Waals surface area contributed by atoms with Crippen LogP contribution in [-0.4, -0.2) is 9.78 Å². The molecule has 0 radical (unpaired) electrons. The van der Waals surface area contributed by atoms with E-state index in [9.17, 15) is 17.6 Å². The highest BCUT2D eigenvalue weighted by Crippen LogP contribution is 2.35. The molecule has 1 aromatic heterocycles. The Balaban J connectivity index is 2.21. The summed E-state index contributed by atoms with van der Waals surface area (Å²) in [7, 11) is 0. The first kappa shape index (κ1) is 16.7. The van der Waals surface area contributed by atoms with E-state index in [1.165, 1.54) is 30.3 Å². The standard InChI is InChI=1S/C15H7ClF4N2OS/c16-9-5-3-6-10(17)12(9)13-21-22(14(24)23-13)11-7-2-1-4-8(11)15(18,19)20/h1-7H. The third-order valence-electron chi connectivity index (χ3n) is 3.16. The summed E-state index contributed by atoms with van der Waals surface area (Å²) in [4.78, 5) is -0.360. The molecule has 0 bridgehead atoms. The molecule has 0 saturated heterocycles. The molecule has 1 heterocycles. The van der Waals surface area contributed by atoms with Crippen molar-refractivity contribution in [1.29, 1.82) is 0 Å². The van der Waals surface area contributed by atoms with Gasteiger partial charge in [0.15, 0.2) is 0 Å². The maximum atomic E-state index is 13.9. The van der Waals surface area contributed by atoms with Crippen molar-refractivity contribution >= 4 is 23.8 Å². The van der Waals surface area contributed by atoms with Crippen LogP contribution in [0.1, 0.15) is 5.56 Å². The maximum absolute atomic E-state index is 13.9. The van der Waals surface area contributed by atoms with Crippen LogP contribution in [0, 0.1) is 10.7 Å². The van der Waals surface area contributed by atoms with Crippen molar-refractivity contribution in [3.8, 4) is 17.1 Å². The highest BCUT2D eigenvalue weighted by atomic mass is 35.5. The Bertz CT molecular complexity index is 944. The van der Waals surface area contributed by atoms with Crippen LogP contribution in [0.2, 0.25) is 5.02 Å². The molecule has 24 heavy (non-hydrogen) atoms. The summed E-state index contributed by atoms with van der Waals surface area (Å²) >= 11 is 10.8. The van der Waals surface area contributed by atoms with Gasteiger partial charge in [-0.1, -0.05) is 29.8 Å². The largest absolute Gasteiger partial charge is 0.418 e. The molecular formula is C15H7ClF4N2OS. The second-order valence-corrected chi connectivity index (χ2v) is 5.45. The molecule has 0 aliphatic rings. The van der Waals surface area contributed by atoms with E-state index in [4.69, 9.17) is 28.2 Å². The Labute approximate surface area is 143 Å². The highest BCUT2D eigenvalue weighted by molar-refractivity contribution is 7.71. The summed E-state index contributed by atoms with van der Waals surface area (Å²) in [6.45, 7) is 0. The summed E-state index contributed by atoms with van der Waals surface area (Å²) in [5.41, 5.74) is -1.44. The average molecular weight is 375 g/mol. The Morgan fingerprint density at radius 1 is 1.08 bits per heavy atom. The van der Waals surface area contributed by atoms with Crippen LogP contribution < -0.4 is 0 Å². The summed E-state index contributed by atoms with van der Waals surface area (Å²) in [6.07, 6.45) is -4.61. The molecule has 2 aromatic carbocycles. The number of alkyl halides is 3. The van der Waals surface area contributed by atoms with Crippen LogP contribution in [0.15, 0.2) is 46.9 Å². The van der Waals surface area contributed by atoms with Gasteiger partial charge < -0.3 is 4.42 Å². The van der Waals surface area contributed by atoms with Gasteiger partial charge in [0, 0.05) is 0 Å². The molecule has 0 aliphatic carbocycles. The van der Waals surface area contributed by atoms with Crippen LogP contribution in [0.5, 0.6) is 0 Å². The lowest BCUT2D eigenvalue weighted by atomic mass is 10.2. The van der Waals surface area contributed by atoms with Crippen LogP contribution in [0.25, 0.3) is 17.1 Å². The molecule has 3 aromatic rings. The number of rotatable bonds is 2.